The molecule has 5 heavy (non-hydrogen) atoms. The van der Waals surface area contributed by atoms with Gasteiger partial charge in [-0.1, -0.05) is 7.89 Å². The molecule has 0 heterocycles. The van der Waals surface area contributed by atoms with E-state index in [2.05, 4.69) is 7.03 Å². The van der Waals surface area contributed by atoms with E-state index in [9.17, 15) is 0 Å². The summed E-state index contributed by atoms with van der Waals surface area (Å²) in [4.78, 5) is 0. The number of rotatable bonds is 0. The van der Waals surface area contributed by atoms with Crippen molar-refractivity contribution in [2.75, 3.05) is 0 Å². The van der Waals surface area contributed by atoms with Gasteiger partial charge in [-0.25, -0.2) is 0 Å². The van der Waals surface area contributed by atoms with Crippen molar-refractivity contribution in [1.29, 1.82) is 0 Å². The average molecular weight is 171 g/mol. The van der Waals surface area contributed by atoms with Crippen molar-refractivity contribution >= 4 is 123 Å². The van der Waals surface area contributed by atoms with Gasteiger partial charge in [-0.05, 0) is 0 Å². The molecule has 0 aliphatic carbocycles. The Balaban J connectivity index is -0.0000000200. The Hall–Kier alpha value is 4.31. The predicted octanol–water partition coefficient (Wildman–Crippen LogP) is -2.80. The third-order valence-corrected chi connectivity index (χ3v) is 0. The fourth-order valence-electron chi connectivity index (χ4n) is 0. The van der Waals surface area contributed by atoms with Gasteiger partial charge in [0.25, 0.3) is 0 Å². The number of hydrogen-bond donors (Lipinski definition) is 0. The first-order valence-electron chi connectivity index (χ1n) is 1.12. The van der Waals surface area contributed by atoms with Gasteiger partial charge in [-0.3, -0.25) is 7.03 Å². The Kier molecular flexibility index (Phi) is 50.9. The summed E-state index contributed by atoms with van der Waals surface area (Å²) in [5, 5.41) is 0. The molecule has 22 valence electrons. The molecule has 0 aromatic carbocycles. The third kappa shape index (κ3) is 17.8. The van der Waals surface area contributed by atoms with Crippen LogP contribution in [0.5, 0.6) is 0 Å². The minimum atomic E-state index is 0. The molecule has 0 aromatic heterocycles. The molecule has 0 nitrogen and oxygen atoms in total. The second kappa shape index (κ2) is 15.7. The van der Waals surface area contributed by atoms with E-state index in [0.29, 0.717) is 19.1 Å². The van der Waals surface area contributed by atoms with Crippen LogP contribution in [0.15, 0.2) is 0 Å². The SMILES string of the molecule is [CaH2].[KH].[SiH3][Mg][PH2]. The van der Waals surface area contributed by atoms with Gasteiger partial charge in [0, 0.05) is 0 Å². The molecule has 0 amide bonds. The van der Waals surface area contributed by atoms with Crippen molar-refractivity contribution in [2.24, 2.45) is 0 Å². The maximum absolute atomic E-state index is 2.78. The van der Waals surface area contributed by atoms with Gasteiger partial charge < -0.3 is 0 Å². The van der Waals surface area contributed by atoms with Gasteiger partial charge in [0.2, 0.25) is 0 Å². The summed E-state index contributed by atoms with van der Waals surface area (Å²) in [6.07, 6.45) is 0. The molecule has 0 N–H and O–H groups in total. The average Bonchev–Trinajstić information content (AvgIpc) is 0.918. The molecule has 0 aliphatic heterocycles. The van der Waals surface area contributed by atoms with Crippen LogP contribution in [0.4, 0.5) is 0 Å². The van der Waals surface area contributed by atoms with Crippen LogP contribution < -0.4 is 0 Å². The fraction of sp³-hybridized carbons (Fsp3) is 0. The monoisotopic (exact) mass is 170 g/mol. The zero-order valence-electron chi connectivity index (χ0n) is 2.28. The maximum atomic E-state index is 2.78. The second-order valence-corrected chi connectivity index (χ2v) is 11.0. The van der Waals surface area contributed by atoms with Crippen molar-refractivity contribution in [3.8, 4) is 0 Å². The molecule has 1 atom stereocenters. The standard InChI is InChI=1S/Ca.K.Mg.H2P.H3Si.3H/h;;;1H2;1H3;;;/q;;+1;-1;;;;. The summed E-state index contributed by atoms with van der Waals surface area (Å²) < 4.78 is 0. The largest absolute Gasteiger partial charge is 0.381 e. The van der Waals surface area contributed by atoms with Crippen LogP contribution in [0.3, 0.4) is 0 Å². The van der Waals surface area contributed by atoms with Gasteiger partial charge in [0.15, 0.2) is 0 Å². The van der Waals surface area contributed by atoms with Crippen LogP contribution in [-0.2, 0) is 0 Å². The van der Waals surface area contributed by atoms with Crippen LogP contribution >= 0.6 is 7.03 Å². The first-order valence-corrected chi connectivity index (χ1v) is 10.0. The fourth-order valence-corrected chi connectivity index (χ4v) is 0. The topological polar surface area (TPSA) is 0 Å². The summed E-state index contributed by atoms with van der Waals surface area (Å²) in [6, 6.07) is 0. The molecule has 0 spiro atoms. The van der Waals surface area contributed by atoms with Gasteiger partial charge in [0.05, 0.1) is 0 Å². The Morgan fingerprint density at radius 2 is 1.60 bits per heavy atom. The summed E-state index contributed by atoms with van der Waals surface area (Å²) >= 11 is 0.472. The molecule has 0 aromatic rings. The molecule has 0 aliphatic rings. The summed E-state index contributed by atoms with van der Waals surface area (Å²) in [5.74, 6) is 0. The van der Waals surface area contributed by atoms with Crippen LogP contribution in [0.1, 0.15) is 0 Å². The van der Waals surface area contributed by atoms with Crippen molar-refractivity contribution < 1.29 is 0 Å². The van der Waals surface area contributed by atoms with E-state index >= 15 is 0 Å². The first-order chi connectivity index (χ1) is 1.41. The zero-order valence-corrected chi connectivity index (χ0v) is 6.85. The molecule has 0 saturated carbocycles. The minimum absolute atomic E-state index is 0. The summed E-state index contributed by atoms with van der Waals surface area (Å²) in [6.45, 7) is 0. The Morgan fingerprint density at radius 3 is 1.60 bits per heavy atom. The summed E-state index contributed by atoms with van der Waals surface area (Å²) in [5.41, 5.74) is 0. The molecular weight excluding hydrogens is 163 g/mol. The molecular formula is H8CaKMgPSi. The van der Waals surface area contributed by atoms with E-state index in [1.54, 1.807) is 0 Å². The quantitative estimate of drug-likeness (QED) is 0.272. The Bertz CT molecular complexity index is 11.6. The van der Waals surface area contributed by atoms with Crippen molar-refractivity contribution in [3.05, 3.63) is 0 Å². The van der Waals surface area contributed by atoms with Crippen LogP contribution in [0.25, 0.3) is 0 Å². The zero-order chi connectivity index (χ0) is 2.71. The van der Waals surface area contributed by atoms with E-state index in [-0.39, 0.29) is 89.1 Å². The molecule has 0 bridgehead atoms. The Labute approximate surface area is 119 Å². The van der Waals surface area contributed by atoms with Crippen LogP contribution in [0, 0.1) is 0 Å². The number of hydrogen-bond acceptors (Lipinski definition) is 0. The summed E-state index contributed by atoms with van der Waals surface area (Å²) in [7, 11) is 4.25. The van der Waals surface area contributed by atoms with Gasteiger partial charge >= 0.3 is 108 Å². The van der Waals surface area contributed by atoms with E-state index in [1.807, 2.05) is 0 Å². The second-order valence-electron chi connectivity index (χ2n) is 0.408. The first kappa shape index (κ1) is 16.1. The van der Waals surface area contributed by atoms with Crippen LogP contribution in [0.2, 0.25) is 0 Å². The third-order valence-electron chi connectivity index (χ3n) is 0. The normalized spacial score (nSPS) is 2.60. The van der Waals surface area contributed by atoms with Gasteiger partial charge in [-0.15, -0.1) is 0 Å². The Morgan fingerprint density at radius 1 is 1.60 bits per heavy atom. The van der Waals surface area contributed by atoms with E-state index in [0.717, 1.165) is 0 Å². The molecule has 0 fully saturated rings. The van der Waals surface area contributed by atoms with Crippen LogP contribution in [-0.4, -0.2) is 116 Å². The minimum Gasteiger partial charge on any atom is -0.271 e. The molecule has 0 radical (unpaired) electrons. The van der Waals surface area contributed by atoms with E-state index < -0.39 is 0 Å². The van der Waals surface area contributed by atoms with Crippen molar-refractivity contribution in [1.82, 2.24) is 0 Å². The van der Waals surface area contributed by atoms with Crippen molar-refractivity contribution in [3.63, 3.8) is 0 Å². The predicted molar refractivity (Wildman–Crippen MR) is 41.1 cm³/mol. The van der Waals surface area contributed by atoms with Crippen molar-refractivity contribution in [2.45, 2.75) is 0 Å². The van der Waals surface area contributed by atoms with E-state index in [1.165, 1.54) is 7.89 Å². The maximum Gasteiger partial charge on any atom is 0.381 e. The molecule has 1 unspecified atom stereocenters. The molecule has 0 rings (SSSR count). The smallest absolute Gasteiger partial charge is 0.271 e. The van der Waals surface area contributed by atoms with E-state index in [4.69, 9.17) is 0 Å². The molecule has 5 heteroatoms. The van der Waals surface area contributed by atoms with Gasteiger partial charge in [0.1, 0.15) is 0 Å². The van der Waals surface area contributed by atoms with Gasteiger partial charge in [-0.2, -0.15) is 0 Å². The molecule has 0 saturated heterocycles.